The topological polar surface area (TPSA) is 114 Å². The lowest BCUT2D eigenvalue weighted by atomic mass is 10.1. The monoisotopic (exact) mass is 290 g/mol. The molecule has 112 valence electrons. The second-order valence-electron chi connectivity index (χ2n) is 4.75. The summed E-state index contributed by atoms with van der Waals surface area (Å²) in [5, 5.41) is 15.6. The van der Waals surface area contributed by atoms with E-state index < -0.39 is 6.04 Å². The number of carbonyl (C=O) groups is 1. The molecule has 0 fully saturated rings. The number of carbonyl (C=O) groups excluding carboxylic acids is 1. The van der Waals surface area contributed by atoms with Gasteiger partial charge in [-0.3, -0.25) is 4.79 Å². The Balaban J connectivity index is 1.75. The molecule has 0 saturated carbocycles. The van der Waals surface area contributed by atoms with Crippen LogP contribution in [0.3, 0.4) is 0 Å². The molecule has 2 rings (SSSR count). The van der Waals surface area contributed by atoms with Crippen molar-refractivity contribution >= 4 is 5.91 Å². The highest BCUT2D eigenvalue weighted by Crippen LogP contribution is 2.10. The minimum Gasteiger partial charge on any atom is -0.508 e. The lowest BCUT2D eigenvalue weighted by molar-refractivity contribution is -0.122. The van der Waals surface area contributed by atoms with Gasteiger partial charge >= 0.3 is 0 Å². The largest absolute Gasteiger partial charge is 0.508 e. The van der Waals surface area contributed by atoms with Crippen molar-refractivity contribution in [3.05, 3.63) is 41.5 Å². The van der Waals surface area contributed by atoms with Crippen LogP contribution >= 0.6 is 0 Å². The van der Waals surface area contributed by atoms with Crippen molar-refractivity contribution < 1.29 is 14.4 Å². The van der Waals surface area contributed by atoms with Gasteiger partial charge in [0.05, 0.1) is 6.04 Å². The molecule has 0 unspecified atom stereocenters. The Bertz CT molecular complexity index is 595. The van der Waals surface area contributed by atoms with Crippen LogP contribution in [0.2, 0.25) is 0 Å². The molecule has 0 radical (unpaired) electrons. The van der Waals surface area contributed by atoms with Gasteiger partial charge < -0.3 is 20.7 Å². The van der Waals surface area contributed by atoms with Gasteiger partial charge in [0.2, 0.25) is 11.8 Å². The Morgan fingerprint density at radius 1 is 1.43 bits per heavy atom. The number of hydrogen-bond donors (Lipinski definition) is 3. The van der Waals surface area contributed by atoms with Gasteiger partial charge in [-0.25, -0.2) is 0 Å². The number of phenols is 1. The van der Waals surface area contributed by atoms with Crippen molar-refractivity contribution in [3.8, 4) is 5.75 Å². The number of phenolic OH excluding ortho intramolecular Hbond substituents is 1. The van der Waals surface area contributed by atoms with Gasteiger partial charge in [0, 0.05) is 13.0 Å². The number of nitrogens with one attached hydrogen (secondary N) is 1. The van der Waals surface area contributed by atoms with E-state index in [0.29, 0.717) is 31.1 Å². The van der Waals surface area contributed by atoms with E-state index in [9.17, 15) is 9.90 Å². The zero-order valence-corrected chi connectivity index (χ0v) is 11.7. The molecule has 1 aromatic carbocycles. The van der Waals surface area contributed by atoms with Crippen LogP contribution in [0.1, 0.15) is 17.3 Å². The molecule has 0 spiro atoms. The van der Waals surface area contributed by atoms with Crippen molar-refractivity contribution in [1.29, 1.82) is 0 Å². The number of benzene rings is 1. The molecule has 0 saturated heterocycles. The van der Waals surface area contributed by atoms with Crippen LogP contribution in [0.15, 0.2) is 28.8 Å². The van der Waals surface area contributed by atoms with E-state index in [2.05, 4.69) is 15.5 Å². The number of aromatic hydroxyl groups is 1. The van der Waals surface area contributed by atoms with E-state index in [1.54, 1.807) is 31.2 Å². The summed E-state index contributed by atoms with van der Waals surface area (Å²) in [7, 11) is 0. The number of amides is 1. The van der Waals surface area contributed by atoms with E-state index >= 15 is 0 Å². The average molecular weight is 290 g/mol. The molecule has 1 aromatic heterocycles. The highest BCUT2D eigenvalue weighted by Gasteiger charge is 2.14. The molecule has 21 heavy (non-hydrogen) atoms. The number of rotatable bonds is 6. The second kappa shape index (κ2) is 6.85. The highest BCUT2D eigenvalue weighted by atomic mass is 16.5. The molecule has 2 aromatic rings. The molecular weight excluding hydrogens is 272 g/mol. The number of nitrogens with two attached hydrogens (primary N) is 1. The molecule has 0 aliphatic rings. The normalized spacial score (nSPS) is 12.1. The van der Waals surface area contributed by atoms with Crippen LogP contribution < -0.4 is 11.1 Å². The first-order chi connectivity index (χ1) is 10.0. The summed E-state index contributed by atoms with van der Waals surface area (Å²) >= 11 is 0. The van der Waals surface area contributed by atoms with E-state index in [1.165, 1.54) is 0 Å². The van der Waals surface area contributed by atoms with E-state index in [-0.39, 0.29) is 11.7 Å². The fraction of sp³-hybridized carbons (Fsp3) is 0.357. The first-order valence-corrected chi connectivity index (χ1v) is 6.65. The molecule has 1 heterocycles. The van der Waals surface area contributed by atoms with Crippen LogP contribution in [-0.4, -0.2) is 33.7 Å². The summed E-state index contributed by atoms with van der Waals surface area (Å²) in [5.41, 5.74) is 6.74. The minimum absolute atomic E-state index is 0.187. The summed E-state index contributed by atoms with van der Waals surface area (Å²) in [6, 6.07) is 5.97. The number of aryl methyl sites for hydroxylation is 1. The van der Waals surface area contributed by atoms with E-state index in [0.717, 1.165) is 5.56 Å². The van der Waals surface area contributed by atoms with Crippen molar-refractivity contribution in [2.75, 3.05) is 6.54 Å². The fourth-order valence-corrected chi connectivity index (χ4v) is 1.84. The third-order valence-corrected chi connectivity index (χ3v) is 2.94. The Hall–Kier alpha value is -2.41. The second-order valence-corrected chi connectivity index (χ2v) is 4.75. The van der Waals surface area contributed by atoms with Crippen LogP contribution in [0, 0.1) is 6.92 Å². The number of nitrogens with zero attached hydrogens (tertiary/aromatic N) is 2. The lowest BCUT2D eigenvalue weighted by Gasteiger charge is -2.11. The quantitative estimate of drug-likeness (QED) is 0.705. The maximum Gasteiger partial charge on any atom is 0.237 e. The van der Waals surface area contributed by atoms with E-state index in [1.807, 2.05) is 0 Å². The fourth-order valence-electron chi connectivity index (χ4n) is 1.84. The standard InChI is InChI=1S/C14H18N4O3/c1-9-17-13(21-18-9)6-7-16-14(20)12(15)8-10-2-4-11(19)5-3-10/h2-5,12,19H,6-8,15H2,1H3,(H,16,20)/t12-/m1/s1. The number of hydrogen-bond acceptors (Lipinski definition) is 6. The Labute approximate surface area is 122 Å². The third-order valence-electron chi connectivity index (χ3n) is 2.94. The number of aromatic nitrogens is 2. The zero-order chi connectivity index (χ0) is 15.2. The molecule has 0 bridgehead atoms. The smallest absolute Gasteiger partial charge is 0.237 e. The summed E-state index contributed by atoms with van der Waals surface area (Å²) in [4.78, 5) is 15.9. The van der Waals surface area contributed by atoms with E-state index in [4.69, 9.17) is 10.3 Å². The predicted molar refractivity (Wildman–Crippen MR) is 75.5 cm³/mol. The Morgan fingerprint density at radius 2 is 2.14 bits per heavy atom. The molecule has 1 atom stereocenters. The summed E-state index contributed by atoms with van der Waals surface area (Å²) in [5.74, 6) is 1.01. The summed E-state index contributed by atoms with van der Waals surface area (Å²) in [6.07, 6.45) is 0.879. The molecule has 7 nitrogen and oxygen atoms in total. The first-order valence-electron chi connectivity index (χ1n) is 6.65. The van der Waals surface area contributed by atoms with Gasteiger partial charge in [0.1, 0.15) is 5.75 Å². The van der Waals surface area contributed by atoms with Crippen molar-refractivity contribution in [3.63, 3.8) is 0 Å². The van der Waals surface area contributed by atoms with Crippen LogP contribution in [0.4, 0.5) is 0 Å². The van der Waals surface area contributed by atoms with Gasteiger partial charge in [-0.2, -0.15) is 4.98 Å². The average Bonchev–Trinajstić information content (AvgIpc) is 2.87. The van der Waals surface area contributed by atoms with Gasteiger partial charge in [-0.05, 0) is 31.0 Å². The summed E-state index contributed by atoms with van der Waals surface area (Å²) < 4.78 is 4.95. The maximum atomic E-state index is 11.9. The SMILES string of the molecule is Cc1noc(CCNC(=O)[C@H](N)Cc2ccc(O)cc2)n1. The third kappa shape index (κ3) is 4.57. The Kier molecular flexibility index (Phi) is 4.89. The molecule has 0 aliphatic carbocycles. The highest BCUT2D eigenvalue weighted by molar-refractivity contribution is 5.81. The van der Waals surface area contributed by atoms with Crippen molar-refractivity contribution in [2.45, 2.75) is 25.8 Å². The zero-order valence-electron chi connectivity index (χ0n) is 11.7. The predicted octanol–water partition coefficient (Wildman–Crippen LogP) is 0.312. The molecule has 0 aliphatic heterocycles. The van der Waals surface area contributed by atoms with Gasteiger partial charge in [-0.1, -0.05) is 17.3 Å². The molecule has 4 N–H and O–H groups in total. The lowest BCUT2D eigenvalue weighted by Crippen LogP contribution is -2.42. The van der Waals surface area contributed by atoms with Gasteiger partial charge in [-0.15, -0.1) is 0 Å². The van der Waals surface area contributed by atoms with Crippen molar-refractivity contribution in [2.24, 2.45) is 5.73 Å². The molecule has 1 amide bonds. The summed E-state index contributed by atoms with van der Waals surface area (Å²) in [6.45, 7) is 2.13. The van der Waals surface area contributed by atoms with Crippen molar-refractivity contribution in [1.82, 2.24) is 15.5 Å². The van der Waals surface area contributed by atoms with Gasteiger partial charge in [0.25, 0.3) is 0 Å². The first kappa shape index (κ1) is 15.0. The van der Waals surface area contributed by atoms with Gasteiger partial charge in [0.15, 0.2) is 5.82 Å². The van der Waals surface area contributed by atoms with Crippen LogP contribution in [0.5, 0.6) is 5.75 Å². The maximum absolute atomic E-state index is 11.9. The van der Waals surface area contributed by atoms with Crippen LogP contribution in [0.25, 0.3) is 0 Å². The molecule has 7 heteroatoms. The Morgan fingerprint density at radius 3 is 2.76 bits per heavy atom. The minimum atomic E-state index is -0.640. The molecular formula is C14H18N4O3. The van der Waals surface area contributed by atoms with Crippen LogP contribution in [-0.2, 0) is 17.6 Å².